The van der Waals surface area contributed by atoms with E-state index >= 15 is 0 Å². The monoisotopic (exact) mass is 368 g/mol. The first-order valence-corrected chi connectivity index (χ1v) is 12.0. The highest BCUT2D eigenvalue weighted by atomic mass is 28.2. The first-order valence-electron chi connectivity index (χ1n) is 10.6. The SMILES string of the molecule is CCCCCC1C=CC([SiH2]c2c(C)c(C)c(C)c(C)c2C)=C1C(C)(C)C. The minimum atomic E-state index is -0.446. The largest absolute Gasteiger partial charge is 0.0882 e. The zero-order chi connectivity index (χ0) is 19.6. The summed E-state index contributed by atoms with van der Waals surface area (Å²) >= 11 is 0. The molecule has 0 N–H and O–H groups in total. The fourth-order valence-electron chi connectivity index (χ4n) is 4.74. The normalized spacial score (nSPS) is 18.0. The second kappa shape index (κ2) is 8.29. The number of hydrogen-bond donors (Lipinski definition) is 0. The van der Waals surface area contributed by atoms with Crippen molar-refractivity contribution in [2.24, 2.45) is 11.3 Å². The predicted octanol–water partition coefficient (Wildman–Crippen LogP) is 6.09. The summed E-state index contributed by atoms with van der Waals surface area (Å²) in [6.07, 6.45) is 10.4. The molecule has 144 valence electrons. The summed E-state index contributed by atoms with van der Waals surface area (Å²) in [6, 6.07) is 0. The maximum absolute atomic E-state index is 2.52. The topological polar surface area (TPSA) is 0 Å². The maximum atomic E-state index is 2.52. The Balaban J connectivity index is 2.44. The smallest absolute Gasteiger partial charge is 0.0774 e. The molecule has 0 saturated heterocycles. The molecule has 1 heteroatoms. The molecule has 2 rings (SSSR count). The van der Waals surface area contributed by atoms with Crippen molar-refractivity contribution in [2.45, 2.75) is 88.0 Å². The van der Waals surface area contributed by atoms with Gasteiger partial charge in [0.1, 0.15) is 0 Å². The van der Waals surface area contributed by atoms with E-state index in [1.807, 2.05) is 0 Å². The lowest BCUT2D eigenvalue weighted by atomic mass is 9.78. The molecule has 0 fully saturated rings. The zero-order valence-electron chi connectivity index (χ0n) is 18.8. The molecule has 1 unspecified atom stereocenters. The molecular weight excluding hydrogens is 328 g/mol. The Kier molecular flexibility index (Phi) is 6.77. The van der Waals surface area contributed by atoms with Crippen molar-refractivity contribution in [3.8, 4) is 0 Å². The van der Waals surface area contributed by atoms with Gasteiger partial charge in [-0.1, -0.05) is 75.1 Å². The Labute approximate surface area is 165 Å². The van der Waals surface area contributed by atoms with E-state index in [1.54, 1.807) is 27.1 Å². The fourth-order valence-corrected chi connectivity index (χ4v) is 7.42. The van der Waals surface area contributed by atoms with Gasteiger partial charge in [0.05, 0.1) is 9.52 Å². The quantitative estimate of drug-likeness (QED) is 0.421. The third kappa shape index (κ3) is 4.25. The molecule has 0 spiro atoms. The van der Waals surface area contributed by atoms with E-state index in [2.05, 4.69) is 74.5 Å². The van der Waals surface area contributed by atoms with Gasteiger partial charge in [-0.25, -0.2) is 0 Å². The van der Waals surface area contributed by atoms with Crippen LogP contribution in [0, 0.1) is 46.0 Å². The summed E-state index contributed by atoms with van der Waals surface area (Å²) in [6.45, 7) is 21.2. The summed E-state index contributed by atoms with van der Waals surface area (Å²) in [5.41, 5.74) is 9.64. The van der Waals surface area contributed by atoms with Gasteiger partial charge in [-0.15, -0.1) is 0 Å². The summed E-state index contributed by atoms with van der Waals surface area (Å²) < 4.78 is 0. The van der Waals surface area contributed by atoms with Crippen molar-refractivity contribution >= 4 is 14.7 Å². The molecule has 0 radical (unpaired) electrons. The number of hydrogen-bond acceptors (Lipinski definition) is 0. The van der Waals surface area contributed by atoms with Crippen molar-refractivity contribution in [2.75, 3.05) is 0 Å². The molecule has 0 heterocycles. The molecule has 1 aliphatic carbocycles. The van der Waals surface area contributed by atoms with Gasteiger partial charge < -0.3 is 0 Å². The van der Waals surface area contributed by atoms with Crippen LogP contribution in [0.2, 0.25) is 0 Å². The lowest BCUT2D eigenvalue weighted by molar-refractivity contribution is 0.436. The standard InChI is InChI=1S/C25H40Si/c1-10-11-12-13-21-14-15-22(23(21)25(7,8)9)26-24-19(5)17(3)16(2)18(4)20(24)6/h14-15,21H,10-13,26H2,1-9H3. The van der Waals surface area contributed by atoms with Crippen LogP contribution in [-0.2, 0) is 0 Å². The van der Waals surface area contributed by atoms with Crippen LogP contribution in [0.15, 0.2) is 22.9 Å². The van der Waals surface area contributed by atoms with Crippen LogP contribution in [0.3, 0.4) is 0 Å². The van der Waals surface area contributed by atoms with Crippen molar-refractivity contribution < 1.29 is 0 Å². The van der Waals surface area contributed by atoms with E-state index in [-0.39, 0.29) is 5.41 Å². The van der Waals surface area contributed by atoms with E-state index in [0.717, 1.165) is 0 Å². The third-order valence-electron chi connectivity index (χ3n) is 6.70. The van der Waals surface area contributed by atoms with Crippen LogP contribution in [0.1, 0.15) is 81.2 Å². The van der Waals surface area contributed by atoms with Crippen molar-refractivity contribution in [3.63, 3.8) is 0 Å². The molecule has 0 amide bonds. The highest BCUT2D eigenvalue weighted by molar-refractivity contribution is 6.63. The van der Waals surface area contributed by atoms with Crippen LogP contribution in [0.5, 0.6) is 0 Å². The molecule has 26 heavy (non-hydrogen) atoms. The number of unbranched alkanes of at least 4 members (excludes halogenated alkanes) is 2. The van der Waals surface area contributed by atoms with Crippen LogP contribution < -0.4 is 5.19 Å². The van der Waals surface area contributed by atoms with Crippen molar-refractivity contribution in [3.05, 3.63) is 50.7 Å². The van der Waals surface area contributed by atoms with Gasteiger partial charge in [-0.3, -0.25) is 0 Å². The van der Waals surface area contributed by atoms with Gasteiger partial charge in [0.15, 0.2) is 0 Å². The molecular formula is C25H40Si. The summed E-state index contributed by atoms with van der Waals surface area (Å²) in [5, 5.41) is 3.41. The Morgan fingerprint density at radius 2 is 1.38 bits per heavy atom. The van der Waals surface area contributed by atoms with Crippen LogP contribution in [0.4, 0.5) is 0 Å². The zero-order valence-corrected chi connectivity index (χ0v) is 20.2. The summed E-state index contributed by atoms with van der Waals surface area (Å²) in [5.74, 6) is 0.678. The minimum Gasteiger partial charge on any atom is -0.0774 e. The molecule has 1 aromatic carbocycles. The molecule has 0 aromatic heterocycles. The number of benzene rings is 1. The lowest BCUT2D eigenvalue weighted by Crippen LogP contribution is -2.27. The third-order valence-corrected chi connectivity index (χ3v) is 9.11. The average molecular weight is 369 g/mol. The van der Waals surface area contributed by atoms with E-state index in [9.17, 15) is 0 Å². The average Bonchev–Trinajstić information content (AvgIpc) is 2.98. The Morgan fingerprint density at radius 1 is 0.846 bits per heavy atom. The van der Waals surface area contributed by atoms with Gasteiger partial charge in [0.2, 0.25) is 0 Å². The highest BCUT2D eigenvalue weighted by Gasteiger charge is 2.30. The second-order valence-corrected chi connectivity index (χ2v) is 11.3. The Hall–Kier alpha value is -1.08. The van der Waals surface area contributed by atoms with Gasteiger partial charge in [-0.05, 0) is 80.2 Å². The number of rotatable bonds is 6. The first-order chi connectivity index (χ1) is 12.1. The van der Waals surface area contributed by atoms with E-state index in [1.165, 1.54) is 42.4 Å². The Bertz CT molecular complexity index is 696. The van der Waals surface area contributed by atoms with E-state index < -0.39 is 9.52 Å². The van der Waals surface area contributed by atoms with Gasteiger partial charge in [0.25, 0.3) is 0 Å². The highest BCUT2D eigenvalue weighted by Crippen LogP contribution is 2.41. The number of allylic oxidation sites excluding steroid dienone is 4. The Morgan fingerprint density at radius 3 is 1.88 bits per heavy atom. The van der Waals surface area contributed by atoms with Gasteiger partial charge >= 0.3 is 0 Å². The lowest BCUT2D eigenvalue weighted by Gasteiger charge is -2.29. The molecule has 0 nitrogen and oxygen atoms in total. The molecule has 1 aromatic rings. The maximum Gasteiger partial charge on any atom is 0.0882 e. The fraction of sp³-hybridized carbons (Fsp3) is 0.600. The van der Waals surface area contributed by atoms with Gasteiger partial charge in [0, 0.05) is 0 Å². The van der Waals surface area contributed by atoms with Crippen molar-refractivity contribution in [1.29, 1.82) is 0 Å². The second-order valence-electron chi connectivity index (χ2n) is 9.43. The molecule has 1 atom stereocenters. The van der Waals surface area contributed by atoms with Crippen LogP contribution >= 0.6 is 0 Å². The molecule has 0 aliphatic heterocycles. The molecule has 1 aliphatic rings. The molecule has 0 saturated carbocycles. The van der Waals surface area contributed by atoms with Gasteiger partial charge in [-0.2, -0.15) is 0 Å². The van der Waals surface area contributed by atoms with E-state index in [0.29, 0.717) is 5.92 Å². The van der Waals surface area contributed by atoms with Crippen LogP contribution in [0.25, 0.3) is 0 Å². The minimum absolute atomic E-state index is 0.277. The summed E-state index contributed by atoms with van der Waals surface area (Å²) in [4.78, 5) is 0. The first kappa shape index (κ1) is 21.2. The van der Waals surface area contributed by atoms with Crippen molar-refractivity contribution in [1.82, 2.24) is 0 Å². The van der Waals surface area contributed by atoms with Crippen LogP contribution in [-0.4, -0.2) is 9.52 Å². The summed E-state index contributed by atoms with van der Waals surface area (Å²) in [7, 11) is -0.446. The molecule has 0 bridgehead atoms. The predicted molar refractivity (Wildman–Crippen MR) is 122 cm³/mol. The van der Waals surface area contributed by atoms with E-state index in [4.69, 9.17) is 0 Å².